The number of nitrogens with two attached hydrogens (primary N) is 1. The van der Waals surface area contributed by atoms with Gasteiger partial charge in [-0.05, 0) is 12.1 Å². The first-order valence-electron chi connectivity index (χ1n) is 6.89. The zero-order valence-corrected chi connectivity index (χ0v) is 12.3. The van der Waals surface area contributed by atoms with Gasteiger partial charge in [0.2, 0.25) is 5.95 Å². The van der Waals surface area contributed by atoms with E-state index in [-0.39, 0.29) is 22.8 Å². The third-order valence-corrected chi connectivity index (χ3v) is 3.25. The summed E-state index contributed by atoms with van der Waals surface area (Å²) in [6, 6.07) is 7.10. The second kappa shape index (κ2) is 5.88. The van der Waals surface area contributed by atoms with Crippen LogP contribution in [-0.4, -0.2) is 33.5 Å². The molecule has 1 aromatic carbocycles. The maximum Gasteiger partial charge on any atom is 0.280 e. The molecular weight excluding hydrogens is 295 g/mol. The summed E-state index contributed by atoms with van der Waals surface area (Å²) in [6.07, 6.45) is 1.53. The van der Waals surface area contributed by atoms with Crippen LogP contribution in [0.15, 0.2) is 35.3 Å². The van der Waals surface area contributed by atoms with Crippen LogP contribution in [0.1, 0.15) is 16.1 Å². The van der Waals surface area contributed by atoms with E-state index in [1.807, 2.05) is 0 Å². The molecule has 0 aliphatic carbocycles. The zero-order valence-electron chi connectivity index (χ0n) is 12.3. The van der Waals surface area contributed by atoms with Gasteiger partial charge in [0.25, 0.3) is 5.56 Å². The van der Waals surface area contributed by atoms with Crippen molar-refractivity contribution in [2.75, 3.05) is 11.1 Å². The van der Waals surface area contributed by atoms with Gasteiger partial charge in [-0.2, -0.15) is 4.98 Å². The molecular formula is C14H13BN6O2. The van der Waals surface area contributed by atoms with E-state index in [4.69, 9.17) is 5.73 Å². The lowest BCUT2D eigenvalue weighted by molar-refractivity contribution is 0.108. The van der Waals surface area contributed by atoms with Crippen molar-refractivity contribution in [3.05, 3.63) is 52.1 Å². The molecule has 2 heterocycles. The van der Waals surface area contributed by atoms with Crippen LogP contribution in [0.4, 0.5) is 11.6 Å². The van der Waals surface area contributed by atoms with Crippen molar-refractivity contribution < 1.29 is 4.79 Å². The minimum absolute atomic E-state index is 0.00763. The number of anilines is 2. The number of hydrogen-bond acceptors (Lipinski definition) is 7. The van der Waals surface area contributed by atoms with Gasteiger partial charge in [-0.25, -0.2) is 9.97 Å². The van der Waals surface area contributed by atoms with Gasteiger partial charge < -0.3 is 15.8 Å². The Labute approximate surface area is 131 Å². The standard InChI is InChI=1S/C14H13BN6O2/c15-11(22)7-1-3-8(4-2-7)17-5-9-6-18-12-10(19-9)13(23)21-14(16)20-12/h1-4,6,17H,5,15H2,(H3,16,18,20,21,23). The molecule has 8 nitrogen and oxygen atoms in total. The van der Waals surface area contributed by atoms with Gasteiger partial charge in [0.15, 0.2) is 19.0 Å². The Morgan fingerprint density at radius 1 is 1.26 bits per heavy atom. The molecule has 3 aromatic rings. The molecule has 23 heavy (non-hydrogen) atoms. The molecule has 0 bridgehead atoms. The minimum Gasteiger partial charge on any atom is -0.379 e. The summed E-state index contributed by atoms with van der Waals surface area (Å²) in [5, 5.41) is 3.15. The Balaban J connectivity index is 1.79. The quantitative estimate of drug-likeness (QED) is 0.564. The molecule has 0 amide bonds. The van der Waals surface area contributed by atoms with Crippen molar-refractivity contribution in [1.29, 1.82) is 0 Å². The molecule has 0 saturated heterocycles. The van der Waals surface area contributed by atoms with Gasteiger partial charge in [0, 0.05) is 11.3 Å². The number of aromatic nitrogens is 4. The largest absolute Gasteiger partial charge is 0.379 e. The number of fused-ring (bicyclic) bond motifs is 1. The van der Waals surface area contributed by atoms with Crippen molar-refractivity contribution in [3.8, 4) is 0 Å². The molecule has 2 aromatic heterocycles. The van der Waals surface area contributed by atoms with E-state index in [1.165, 1.54) is 14.0 Å². The Kier molecular flexibility index (Phi) is 3.76. The SMILES string of the molecule is BC(=O)c1ccc(NCc2cnc3nc(N)[nH]c(=O)c3n2)cc1. The van der Waals surface area contributed by atoms with Gasteiger partial charge in [-0.15, -0.1) is 0 Å². The van der Waals surface area contributed by atoms with Gasteiger partial charge in [-0.3, -0.25) is 9.78 Å². The first-order chi connectivity index (χ1) is 11.0. The Morgan fingerprint density at radius 2 is 2.00 bits per heavy atom. The highest BCUT2D eigenvalue weighted by molar-refractivity contribution is 6.62. The molecule has 9 heteroatoms. The molecule has 0 saturated carbocycles. The van der Waals surface area contributed by atoms with Gasteiger partial charge in [0.1, 0.15) is 5.68 Å². The first kappa shape index (κ1) is 14.7. The van der Waals surface area contributed by atoms with E-state index in [0.717, 1.165) is 5.69 Å². The van der Waals surface area contributed by atoms with E-state index >= 15 is 0 Å². The van der Waals surface area contributed by atoms with Crippen LogP contribution >= 0.6 is 0 Å². The van der Waals surface area contributed by atoms with Gasteiger partial charge in [-0.1, -0.05) is 12.1 Å². The smallest absolute Gasteiger partial charge is 0.280 e. The topological polar surface area (TPSA) is 127 Å². The summed E-state index contributed by atoms with van der Waals surface area (Å²) in [6.45, 7) is 0.381. The van der Waals surface area contributed by atoms with E-state index in [2.05, 4.69) is 25.3 Å². The summed E-state index contributed by atoms with van der Waals surface area (Å²) >= 11 is 0. The van der Waals surface area contributed by atoms with Crippen LogP contribution in [0.3, 0.4) is 0 Å². The number of aromatic amines is 1. The lowest BCUT2D eigenvalue weighted by Gasteiger charge is -2.07. The van der Waals surface area contributed by atoms with Crippen LogP contribution in [0.25, 0.3) is 11.2 Å². The molecule has 0 aliphatic heterocycles. The third kappa shape index (κ3) is 3.18. The fourth-order valence-corrected chi connectivity index (χ4v) is 2.07. The maximum atomic E-state index is 11.8. The number of rotatable bonds is 4. The highest BCUT2D eigenvalue weighted by Gasteiger charge is 2.06. The molecule has 0 fully saturated rings. The average molecular weight is 308 g/mol. The van der Waals surface area contributed by atoms with Gasteiger partial charge in [0.05, 0.1) is 18.4 Å². The van der Waals surface area contributed by atoms with Crippen molar-refractivity contribution in [2.24, 2.45) is 0 Å². The van der Waals surface area contributed by atoms with Crippen LogP contribution in [-0.2, 0) is 6.54 Å². The number of H-pyrrole nitrogens is 1. The number of hydrogen-bond donors (Lipinski definition) is 3. The summed E-state index contributed by atoms with van der Waals surface area (Å²) in [7, 11) is 1.52. The fourth-order valence-electron chi connectivity index (χ4n) is 2.07. The van der Waals surface area contributed by atoms with E-state index in [1.54, 1.807) is 24.3 Å². The molecule has 0 unspecified atom stereocenters. The molecule has 0 radical (unpaired) electrons. The first-order valence-corrected chi connectivity index (χ1v) is 6.89. The van der Waals surface area contributed by atoms with Crippen molar-refractivity contribution in [1.82, 2.24) is 19.9 Å². The second-order valence-corrected chi connectivity index (χ2v) is 4.97. The van der Waals surface area contributed by atoms with E-state index in [0.29, 0.717) is 17.8 Å². The number of benzene rings is 1. The van der Waals surface area contributed by atoms with Crippen molar-refractivity contribution in [3.63, 3.8) is 0 Å². The lowest BCUT2D eigenvalue weighted by atomic mass is 9.95. The summed E-state index contributed by atoms with van der Waals surface area (Å²) in [5.74, 6) is 0.00763. The minimum atomic E-state index is -0.423. The zero-order chi connectivity index (χ0) is 16.4. The van der Waals surface area contributed by atoms with E-state index < -0.39 is 5.56 Å². The lowest BCUT2D eigenvalue weighted by Crippen LogP contribution is -2.15. The van der Waals surface area contributed by atoms with Crippen LogP contribution in [0.2, 0.25) is 0 Å². The predicted octanol–water partition coefficient (Wildman–Crippen LogP) is -0.319. The number of nitrogens with one attached hydrogen (secondary N) is 2. The number of nitrogens with zero attached hydrogens (tertiary/aromatic N) is 3. The molecule has 4 N–H and O–H groups in total. The summed E-state index contributed by atoms with van der Waals surface area (Å²) in [5.41, 5.74) is 7.48. The summed E-state index contributed by atoms with van der Waals surface area (Å²) in [4.78, 5) is 37.7. The highest BCUT2D eigenvalue weighted by Crippen LogP contribution is 2.11. The Hall–Kier alpha value is -3.23. The predicted molar refractivity (Wildman–Crippen MR) is 89.0 cm³/mol. The number of carbonyl (C=O) groups is 1. The monoisotopic (exact) mass is 308 g/mol. The maximum absolute atomic E-state index is 11.8. The van der Waals surface area contributed by atoms with Gasteiger partial charge >= 0.3 is 0 Å². The van der Waals surface area contributed by atoms with Crippen LogP contribution in [0.5, 0.6) is 0 Å². The van der Waals surface area contributed by atoms with E-state index in [9.17, 15) is 9.59 Å². The molecule has 3 rings (SSSR count). The highest BCUT2D eigenvalue weighted by atomic mass is 16.1. The molecule has 0 spiro atoms. The molecule has 114 valence electrons. The van der Waals surface area contributed by atoms with Crippen molar-refractivity contribution in [2.45, 2.75) is 6.54 Å². The van der Waals surface area contributed by atoms with Crippen LogP contribution < -0.4 is 16.6 Å². The third-order valence-electron chi connectivity index (χ3n) is 3.25. The average Bonchev–Trinajstić information content (AvgIpc) is 2.53. The molecule has 0 atom stereocenters. The molecule has 0 aliphatic rings. The second-order valence-electron chi connectivity index (χ2n) is 4.97. The fraction of sp³-hybridized carbons (Fsp3) is 0.0714. The Bertz CT molecular complexity index is 938. The number of carbonyl (C=O) groups excluding carboxylic acids is 1. The Morgan fingerprint density at radius 3 is 2.70 bits per heavy atom. The normalized spacial score (nSPS) is 10.6. The van der Waals surface area contributed by atoms with Crippen molar-refractivity contribution >= 4 is 36.3 Å². The van der Waals surface area contributed by atoms with Crippen LogP contribution in [0, 0.1) is 0 Å². The number of nitrogen functional groups attached to an aromatic ring is 1. The summed E-state index contributed by atoms with van der Waals surface area (Å²) < 4.78 is 0.